The topological polar surface area (TPSA) is 96.5 Å². The fraction of sp³-hybridized carbons (Fsp3) is 0.478. The van der Waals surface area contributed by atoms with Crippen LogP contribution < -0.4 is 15.5 Å². The molecule has 0 radical (unpaired) electrons. The minimum atomic E-state index is -0.187. The van der Waals surface area contributed by atoms with Crippen LogP contribution in [0.4, 0.5) is 11.6 Å². The van der Waals surface area contributed by atoms with E-state index in [2.05, 4.69) is 27.5 Å². The molecule has 3 atom stereocenters. The number of halogens is 1. The Labute approximate surface area is 192 Å². The predicted molar refractivity (Wildman–Crippen MR) is 123 cm³/mol. The summed E-state index contributed by atoms with van der Waals surface area (Å²) < 4.78 is 5.38. The Morgan fingerprint density at radius 3 is 2.50 bits per heavy atom. The summed E-state index contributed by atoms with van der Waals surface area (Å²) in [5.41, 5.74) is 2.21. The number of carbonyl (C=O) groups is 2. The Kier molecular flexibility index (Phi) is 6.62. The van der Waals surface area contributed by atoms with Gasteiger partial charge in [-0.2, -0.15) is 0 Å². The SMILES string of the molecule is CC(=O)N1c2ccc(C(=O)NC3CCOCC3)cc2[C@H](Nc2ncc(Cl)cn2)[C@@H](C)[C@@H]1C. The van der Waals surface area contributed by atoms with Gasteiger partial charge in [-0.05, 0) is 43.5 Å². The summed E-state index contributed by atoms with van der Waals surface area (Å²) in [6, 6.07) is 5.38. The third-order valence-corrected chi connectivity index (χ3v) is 6.57. The maximum Gasteiger partial charge on any atom is 0.251 e. The van der Waals surface area contributed by atoms with Gasteiger partial charge in [0.25, 0.3) is 5.91 Å². The van der Waals surface area contributed by atoms with E-state index in [0.717, 1.165) is 24.1 Å². The third-order valence-electron chi connectivity index (χ3n) is 6.38. The molecule has 4 rings (SSSR count). The van der Waals surface area contributed by atoms with E-state index in [1.165, 1.54) is 12.4 Å². The fourth-order valence-electron chi connectivity index (χ4n) is 4.48. The van der Waals surface area contributed by atoms with Gasteiger partial charge >= 0.3 is 0 Å². The van der Waals surface area contributed by atoms with Crippen molar-refractivity contribution in [1.82, 2.24) is 15.3 Å². The molecule has 0 aliphatic carbocycles. The molecule has 1 aromatic carbocycles. The van der Waals surface area contributed by atoms with Crippen molar-refractivity contribution in [2.75, 3.05) is 23.4 Å². The minimum absolute atomic E-state index is 0.0359. The predicted octanol–water partition coefficient (Wildman–Crippen LogP) is 3.58. The number of carbonyl (C=O) groups excluding carboxylic acids is 2. The molecule has 32 heavy (non-hydrogen) atoms. The second-order valence-electron chi connectivity index (χ2n) is 8.47. The monoisotopic (exact) mass is 457 g/mol. The van der Waals surface area contributed by atoms with E-state index in [-0.39, 0.29) is 35.9 Å². The molecule has 8 nitrogen and oxygen atoms in total. The van der Waals surface area contributed by atoms with Crippen LogP contribution in [-0.4, -0.2) is 47.1 Å². The van der Waals surface area contributed by atoms with Crippen molar-refractivity contribution in [3.05, 3.63) is 46.7 Å². The molecule has 2 aliphatic rings. The quantitative estimate of drug-likeness (QED) is 0.728. The van der Waals surface area contributed by atoms with Crippen LogP contribution in [-0.2, 0) is 9.53 Å². The van der Waals surface area contributed by atoms with Crippen molar-refractivity contribution in [2.45, 2.75) is 51.7 Å². The van der Waals surface area contributed by atoms with E-state index in [9.17, 15) is 9.59 Å². The van der Waals surface area contributed by atoms with Crippen molar-refractivity contribution in [2.24, 2.45) is 5.92 Å². The number of nitrogens with zero attached hydrogens (tertiary/aromatic N) is 3. The van der Waals surface area contributed by atoms with Crippen molar-refractivity contribution < 1.29 is 14.3 Å². The molecule has 1 fully saturated rings. The van der Waals surface area contributed by atoms with Crippen LogP contribution in [0.5, 0.6) is 0 Å². The van der Waals surface area contributed by atoms with Gasteiger partial charge in [0, 0.05) is 49.4 Å². The van der Waals surface area contributed by atoms with Crippen LogP contribution >= 0.6 is 11.6 Å². The lowest BCUT2D eigenvalue weighted by atomic mass is 9.82. The van der Waals surface area contributed by atoms with Crippen molar-refractivity contribution in [1.29, 1.82) is 0 Å². The number of anilines is 2. The van der Waals surface area contributed by atoms with Crippen LogP contribution in [0.15, 0.2) is 30.6 Å². The van der Waals surface area contributed by atoms with Gasteiger partial charge in [-0.1, -0.05) is 18.5 Å². The Bertz CT molecular complexity index is 994. The number of hydrogen-bond acceptors (Lipinski definition) is 6. The van der Waals surface area contributed by atoms with Crippen LogP contribution in [0.2, 0.25) is 5.02 Å². The van der Waals surface area contributed by atoms with Crippen LogP contribution in [0, 0.1) is 5.92 Å². The maximum absolute atomic E-state index is 13.0. The Morgan fingerprint density at radius 2 is 1.84 bits per heavy atom. The number of benzene rings is 1. The molecule has 2 amide bonds. The first-order chi connectivity index (χ1) is 15.3. The molecule has 0 bridgehead atoms. The Hall–Kier alpha value is -2.71. The molecule has 2 aromatic rings. The molecule has 0 saturated carbocycles. The summed E-state index contributed by atoms with van der Waals surface area (Å²) in [7, 11) is 0. The van der Waals surface area contributed by atoms with E-state index in [1.54, 1.807) is 17.9 Å². The molecule has 0 spiro atoms. The molecule has 2 aliphatic heterocycles. The highest BCUT2D eigenvalue weighted by atomic mass is 35.5. The number of fused-ring (bicyclic) bond motifs is 1. The van der Waals surface area contributed by atoms with Gasteiger partial charge in [-0.15, -0.1) is 0 Å². The summed E-state index contributed by atoms with van der Waals surface area (Å²) in [6.45, 7) is 6.98. The molecular formula is C23H28ClN5O3. The van der Waals surface area contributed by atoms with Gasteiger partial charge in [0.2, 0.25) is 11.9 Å². The highest BCUT2D eigenvalue weighted by Crippen LogP contribution is 2.42. The molecule has 3 heterocycles. The van der Waals surface area contributed by atoms with Gasteiger partial charge in [0.05, 0.1) is 23.5 Å². The number of nitrogens with one attached hydrogen (secondary N) is 2. The zero-order valence-corrected chi connectivity index (χ0v) is 19.2. The van der Waals surface area contributed by atoms with E-state index in [4.69, 9.17) is 16.3 Å². The van der Waals surface area contributed by atoms with Crippen LogP contribution in [0.25, 0.3) is 0 Å². The average molecular weight is 458 g/mol. The normalized spacial score (nSPS) is 23.4. The third kappa shape index (κ3) is 4.56. The molecule has 0 unspecified atom stereocenters. The minimum Gasteiger partial charge on any atom is -0.381 e. The molecule has 170 valence electrons. The van der Waals surface area contributed by atoms with Gasteiger partial charge < -0.3 is 20.3 Å². The first kappa shape index (κ1) is 22.5. The summed E-state index contributed by atoms with van der Waals surface area (Å²) in [5, 5.41) is 6.95. The Balaban J connectivity index is 1.68. The lowest BCUT2D eigenvalue weighted by Gasteiger charge is -2.44. The van der Waals surface area contributed by atoms with E-state index in [0.29, 0.717) is 29.7 Å². The zero-order chi connectivity index (χ0) is 22.8. The largest absolute Gasteiger partial charge is 0.381 e. The maximum atomic E-state index is 13.0. The molecular weight excluding hydrogens is 430 g/mol. The zero-order valence-electron chi connectivity index (χ0n) is 18.5. The average Bonchev–Trinajstić information content (AvgIpc) is 2.78. The fourth-order valence-corrected chi connectivity index (χ4v) is 4.58. The molecule has 1 aromatic heterocycles. The highest BCUT2D eigenvalue weighted by Gasteiger charge is 2.39. The van der Waals surface area contributed by atoms with Gasteiger partial charge in [0.1, 0.15) is 0 Å². The molecule has 9 heteroatoms. The van der Waals surface area contributed by atoms with E-state index in [1.807, 2.05) is 19.1 Å². The van der Waals surface area contributed by atoms with E-state index >= 15 is 0 Å². The lowest BCUT2D eigenvalue weighted by molar-refractivity contribution is -0.117. The van der Waals surface area contributed by atoms with Crippen molar-refractivity contribution in [3.8, 4) is 0 Å². The van der Waals surface area contributed by atoms with Gasteiger partial charge in [-0.3, -0.25) is 9.59 Å². The van der Waals surface area contributed by atoms with Crippen molar-refractivity contribution in [3.63, 3.8) is 0 Å². The highest BCUT2D eigenvalue weighted by molar-refractivity contribution is 6.30. The standard InChI is InChI=1S/C23H28ClN5O3/c1-13-14(2)29(15(3)30)20-5-4-16(22(31)27-18-6-8-32-9-7-18)10-19(20)21(13)28-23-25-11-17(24)12-26-23/h4-5,10-14,18,21H,6-9H2,1-3H3,(H,27,31)(H,25,26,28)/t13-,14-,21+/m0/s1. The van der Waals surface area contributed by atoms with Crippen molar-refractivity contribution >= 4 is 35.1 Å². The molecule has 1 saturated heterocycles. The number of ether oxygens (including phenoxy) is 1. The second-order valence-corrected chi connectivity index (χ2v) is 8.91. The summed E-state index contributed by atoms with van der Waals surface area (Å²) in [4.78, 5) is 35.8. The molecule has 2 N–H and O–H groups in total. The Morgan fingerprint density at radius 1 is 1.16 bits per heavy atom. The second kappa shape index (κ2) is 9.42. The van der Waals surface area contributed by atoms with Gasteiger partial charge in [-0.25, -0.2) is 9.97 Å². The summed E-state index contributed by atoms with van der Waals surface area (Å²) in [6.07, 6.45) is 4.69. The number of aromatic nitrogens is 2. The summed E-state index contributed by atoms with van der Waals surface area (Å²) in [5.74, 6) is 0.324. The smallest absolute Gasteiger partial charge is 0.251 e. The summed E-state index contributed by atoms with van der Waals surface area (Å²) >= 11 is 5.93. The number of amides is 2. The van der Waals surface area contributed by atoms with Crippen LogP contribution in [0.3, 0.4) is 0 Å². The lowest BCUT2D eigenvalue weighted by Crippen LogP contribution is -2.48. The number of hydrogen-bond donors (Lipinski definition) is 2. The van der Waals surface area contributed by atoms with E-state index < -0.39 is 0 Å². The van der Waals surface area contributed by atoms with Crippen LogP contribution in [0.1, 0.15) is 55.6 Å². The van der Waals surface area contributed by atoms with Gasteiger partial charge in [0.15, 0.2) is 0 Å². The first-order valence-corrected chi connectivity index (χ1v) is 11.3. The number of rotatable bonds is 4. The first-order valence-electron chi connectivity index (χ1n) is 10.9.